The van der Waals surface area contributed by atoms with E-state index in [1.165, 1.54) is 4.88 Å². The number of amides is 1. The number of benzene rings is 1. The van der Waals surface area contributed by atoms with Gasteiger partial charge in [-0.05, 0) is 30.2 Å². The van der Waals surface area contributed by atoms with Crippen molar-refractivity contribution in [2.75, 3.05) is 31.1 Å². The molecule has 0 bridgehead atoms. The Morgan fingerprint density at radius 3 is 2.74 bits per heavy atom. The number of halogens is 1. The summed E-state index contributed by atoms with van der Waals surface area (Å²) in [5.41, 5.74) is 0.956. The van der Waals surface area contributed by atoms with E-state index in [2.05, 4.69) is 27.9 Å². The van der Waals surface area contributed by atoms with Gasteiger partial charge in [-0.1, -0.05) is 30.7 Å². The van der Waals surface area contributed by atoms with Gasteiger partial charge in [0.1, 0.15) is 17.0 Å². The number of nitrogens with zero attached hydrogens (tertiary/aromatic N) is 4. The molecule has 5 nitrogen and oxygen atoms in total. The van der Waals surface area contributed by atoms with E-state index in [-0.39, 0.29) is 5.91 Å². The zero-order valence-corrected chi connectivity index (χ0v) is 16.8. The van der Waals surface area contributed by atoms with Gasteiger partial charge in [0.15, 0.2) is 0 Å². The number of hydrogen-bond acceptors (Lipinski definition) is 5. The molecule has 0 spiro atoms. The molecule has 1 saturated heterocycles. The lowest BCUT2D eigenvalue weighted by molar-refractivity contribution is -0.130. The Bertz CT molecular complexity index is 966. The van der Waals surface area contributed by atoms with E-state index >= 15 is 0 Å². The first-order chi connectivity index (χ1) is 13.1. The molecule has 0 unspecified atom stereocenters. The molecule has 0 N–H and O–H groups in total. The van der Waals surface area contributed by atoms with Gasteiger partial charge in [-0.15, -0.1) is 11.3 Å². The lowest BCUT2D eigenvalue weighted by atomic mass is 10.1. The predicted molar refractivity (Wildman–Crippen MR) is 111 cm³/mol. The summed E-state index contributed by atoms with van der Waals surface area (Å²) in [6, 6.07) is 9.71. The first-order valence-electron chi connectivity index (χ1n) is 9.14. The average molecular weight is 401 g/mol. The van der Waals surface area contributed by atoms with Crippen LogP contribution >= 0.6 is 22.9 Å². The summed E-state index contributed by atoms with van der Waals surface area (Å²) in [6.45, 7) is 5.13. The molecular weight excluding hydrogens is 380 g/mol. The summed E-state index contributed by atoms with van der Waals surface area (Å²) >= 11 is 7.75. The molecule has 0 atom stereocenters. The number of aryl methyl sites for hydroxylation is 1. The molecule has 0 aliphatic carbocycles. The third-order valence-electron chi connectivity index (χ3n) is 4.88. The van der Waals surface area contributed by atoms with E-state index in [9.17, 15) is 4.79 Å². The van der Waals surface area contributed by atoms with Gasteiger partial charge in [0.05, 0.1) is 11.8 Å². The Hall–Kier alpha value is -2.18. The maximum Gasteiger partial charge on any atom is 0.227 e. The van der Waals surface area contributed by atoms with Gasteiger partial charge in [-0.3, -0.25) is 4.79 Å². The fourth-order valence-corrected chi connectivity index (χ4v) is 4.56. The fraction of sp³-hybridized carbons (Fsp3) is 0.350. The van der Waals surface area contributed by atoms with E-state index in [1.54, 1.807) is 17.7 Å². The molecular formula is C20H21ClN4OS. The van der Waals surface area contributed by atoms with Crippen LogP contribution in [0.3, 0.4) is 0 Å². The second-order valence-electron chi connectivity index (χ2n) is 6.66. The fourth-order valence-electron chi connectivity index (χ4n) is 3.42. The highest BCUT2D eigenvalue weighted by atomic mass is 35.5. The van der Waals surface area contributed by atoms with Crippen LogP contribution in [0, 0.1) is 0 Å². The van der Waals surface area contributed by atoms with Gasteiger partial charge < -0.3 is 9.80 Å². The van der Waals surface area contributed by atoms with E-state index in [1.807, 2.05) is 29.2 Å². The molecule has 1 fully saturated rings. The minimum absolute atomic E-state index is 0.147. The van der Waals surface area contributed by atoms with Gasteiger partial charge >= 0.3 is 0 Å². The highest BCUT2D eigenvalue weighted by Crippen LogP contribution is 2.31. The van der Waals surface area contributed by atoms with Gasteiger partial charge in [0, 0.05) is 36.1 Å². The minimum atomic E-state index is 0.147. The zero-order chi connectivity index (χ0) is 18.8. The van der Waals surface area contributed by atoms with E-state index in [4.69, 9.17) is 11.6 Å². The van der Waals surface area contributed by atoms with Crippen LogP contribution in [0.1, 0.15) is 17.4 Å². The number of hydrogen-bond donors (Lipinski definition) is 0. The lowest BCUT2D eigenvalue weighted by Crippen LogP contribution is -2.49. The van der Waals surface area contributed by atoms with Crippen molar-refractivity contribution in [2.24, 2.45) is 0 Å². The number of anilines is 1. The van der Waals surface area contributed by atoms with E-state index in [0.29, 0.717) is 24.5 Å². The second-order valence-corrected chi connectivity index (χ2v) is 8.21. The SMILES string of the molecule is CCc1cc2c(N3CCN(C(=O)Cc4cccc(Cl)c4)CC3)ncnc2s1. The van der Waals surface area contributed by atoms with Crippen molar-refractivity contribution in [1.82, 2.24) is 14.9 Å². The van der Waals surface area contributed by atoms with E-state index in [0.717, 1.165) is 41.1 Å². The second kappa shape index (κ2) is 7.82. The molecule has 2 aromatic heterocycles. The number of fused-ring (bicyclic) bond motifs is 1. The van der Waals surface area contributed by atoms with Crippen molar-refractivity contribution in [1.29, 1.82) is 0 Å². The smallest absolute Gasteiger partial charge is 0.227 e. The highest BCUT2D eigenvalue weighted by molar-refractivity contribution is 7.18. The molecule has 0 saturated carbocycles. The van der Waals surface area contributed by atoms with E-state index < -0.39 is 0 Å². The van der Waals surface area contributed by atoms with Crippen LogP contribution in [0.25, 0.3) is 10.2 Å². The quantitative estimate of drug-likeness (QED) is 0.668. The number of carbonyl (C=O) groups is 1. The number of thiophene rings is 1. The number of rotatable bonds is 4. The summed E-state index contributed by atoms with van der Waals surface area (Å²) in [4.78, 5) is 28.1. The molecule has 1 aliphatic heterocycles. The van der Waals surface area contributed by atoms with Crippen LogP contribution in [0.2, 0.25) is 5.02 Å². The molecule has 1 aliphatic rings. The average Bonchev–Trinajstić information content (AvgIpc) is 3.11. The molecule has 27 heavy (non-hydrogen) atoms. The number of aromatic nitrogens is 2. The van der Waals surface area contributed by atoms with Crippen LogP contribution in [0.5, 0.6) is 0 Å². The zero-order valence-electron chi connectivity index (χ0n) is 15.2. The molecule has 4 rings (SSSR count). The highest BCUT2D eigenvalue weighted by Gasteiger charge is 2.23. The van der Waals surface area contributed by atoms with Crippen LogP contribution in [-0.2, 0) is 17.6 Å². The van der Waals surface area contributed by atoms with Crippen molar-refractivity contribution in [2.45, 2.75) is 19.8 Å². The maximum absolute atomic E-state index is 12.6. The van der Waals surface area contributed by atoms with Crippen molar-refractivity contribution < 1.29 is 4.79 Å². The normalized spacial score (nSPS) is 14.7. The first-order valence-corrected chi connectivity index (χ1v) is 10.3. The standard InChI is InChI=1S/C20H21ClN4OS/c1-2-16-12-17-19(22-13-23-20(17)27-16)25-8-6-24(7-9-25)18(26)11-14-4-3-5-15(21)10-14/h3-5,10,12-13H,2,6-9,11H2,1H3. The Morgan fingerprint density at radius 1 is 1.19 bits per heavy atom. The van der Waals surface area contributed by atoms with Crippen LogP contribution in [0.4, 0.5) is 5.82 Å². The van der Waals surface area contributed by atoms with Crippen LogP contribution in [-0.4, -0.2) is 47.0 Å². The largest absolute Gasteiger partial charge is 0.352 e. The third-order valence-corrected chi connectivity index (χ3v) is 6.31. The predicted octanol–water partition coefficient (Wildman–Crippen LogP) is 3.80. The summed E-state index contributed by atoms with van der Waals surface area (Å²) < 4.78 is 0. The molecule has 3 aromatic rings. The number of carbonyl (C=O) groups excluding carboxylic acids is 1. The molecule has 1 aromatic carbocycles. The van der Waals surface area contributed by atoms with Crippen LogP contribution in [0.15, 0.2) is 36.7 Å². The van der Waals surface area contributed by atoms with Gasteiger partial charge in [0.25, 0.3) is 0 Å². The van der Waals surface area contributed by atoms with Crippen molar-refractivity contribution >= 4 is 44.9 Å². The molecule has 0 radical (unpaired) electrons. The summed E-state index contributed by atoms with van der Waals surface area (Å²) in [5, 5.41) is 1.79. The third kappa shape index (κ3) is 3.92. The van der Waals surface area contributed by atoms with Crippen molar-refractivity contribution in [3.63, 3.8) is 0 Å². The van der Waals surface area contributed by atoms with Crippen molar-refractivity contribution in [3.05, 3.63) is 52.1 Å². The summed E-state index contributed by atoms with van der Waals surface area (Å²) in [6.07, 6.45) is 3.04. The van der Waals surface area contributed by atoms with Gasteiger partial charge in [-0.2, -0.15) is 0 Å². The summed E-state index contributed by atoms with van der Waals surface area (Å²) in [5.74, 6) is 1.13. The molecule has 1 amide bonds. The Labute approximate surface area is 167 Å². The Kier molecular flexibility index (Phi) is 5.27. The first kappa shape index (κ1) is 18.2. The Balaban J connectivity index is 1.43. The molecule has 3 heterocycles. The van der Waals surface area contributed by atoms with Gasteiger partial charge in [-0.25, -0.2) is 9.97 Å². The topological polar surface area (TPSA) is 49.3 Å². The number of piperazine rings is 1. The van der Waals surface area contributed by atoms with Crippen molar-refractivity contribution in [3.8, 4) is 0 Å². The van der Waals surface area contributed by atoms with Gasteiger partial charge in [0.2, 0.25) is 5.91 Å². The molecule has 140 valence electrons. The minimum Gasteiger partial charge on any atom is -0.352 e. The van der Waals surface area contributed by atoms with Crippen LogP contribution < -0.4 is 4.90 Å². The molecule has 7 heteroatoms. The Morgan fingerprint density at radius 2 is 2.00 bits per heavy atom. The summed E-state index contributed by atoms with van der Waals surface area (Å²) in [7, 11) is 0. The maximum atomic E-state index is 12.6. The monoisotopic (exact) mass is 400 g/mol. The lowest BCUT2D eigenvalue weighted by Gasteiger charge is -2.35.